The van der Waals surface area contributed by atoms with Crippen molar-refractivity contribution in [2.45, 2.75) is 25.7 Å². The highest BCUT2D eigenvalue weighted by atomic mass is 19.4. The van der Waals surface area contributed by atoms with Gasteiger partial charge in [0.15, 0.2) is 0 Å². The normalized spacial score (nSPS) is 16.1. The fourth-order valence-corrected chi connectivity index (χ4v) is 2.23. The highest BCUT2D eigenvalue weighted by Gasteiger charge is 2.35. The van der Waals surface area contributed by atoms with E-state index in [4.69, 9.17) is 0 Å². The second-order valence-corrected chi connectivity index (χ2v) is 4.66. The van der Waals surface area contributed by atoms with Crippen molar-refractivity contribution in [3.8, 4) is 0 Å². The van der Waals surface area contributed by atoms with Crippen molar-refractivity contribution in [3.05, 3.63) is 41.5 Å². The molecule has 0 saturated heterocycles. The van der Waals surface area contributed by atoms with E-state index in [1.807, 2.05) is 4.90 Å². The summed E-state index contributed by atoms with van der Waals surface area (Å²) in [5.41, 5.74) is 1.24. The summed E-state index contributed by atoms with van der Waals surface area (Å²) in [6, 6.07) is 0. The van der Waals surface area contributed by atoms with Crippen LogP contribution < -0.4 is 0 Å². The average molecular weight is 283 g/mol. The molecular weight excluding hydrogens is 271 g/mol. The van der Waals surface area contributed by atoms with Gasteiger partial charge in [0.05, 0.1) is 12.2 Å². The van der Waals surface area contributed by atoms with Gasteiger partial charge in [-0.3, -0.25) is 4.90 Å². The molecule has 0 bridgehead atoms. The first kappa shape index (κ1) is 13.0. The zero-order valence-corrected chi connectivity index (χ0v) is 10.5. The molecule has 1 aliphatic rings. The first-order valence-electron chi connectivity index (χ1n) is 6.15. The molecule has 1 N–H and O–H groups in total. The number of H-pyrrole nitrogens is 1. The molecule has 0 atom stereocenters. The molecule has 0 aliphatic carbocycles. The summed E-state index contributed by atoms with van der Waals surface area (Å²) in [6.07, 6.45) is 0.802. The second kappa shape index (κ2) is 4.86. The Bertz CT molecular complexity index is 594. The van der Waals surface area contributed by atoms with E-state index in [2.05, 4.69) is 19.9 Å². The maximum absolute atomic E-state index is 12.6. The number of nitrogens with zero attached hydrogens (tertiary/aromatic N) is 4. The highest BCUT2D eigenvalue weighted by molar-refractivity contribution is 5.21. The fraction of sp³-hybridized carbons (Fsp3) is 0.417. The van der Waals surface area contributed by atoms with E-state index >= 15 is 0 Å². The molecule has 0 amide bonds. The Morgan fingerprint density at radius 2 is 2.15 bits per heavy atom. The molecule has 1 aliphatic heterocycles. The molecule has 0 aromatic carbocycles. The van der Waals surface area contributed by atoms with Gasteiger partial charge in [0.1, 0.15) is 5.82 Å². The molecule has 0 unspecified atom stereocenters. The topological polar surface area (TPSA) is 57.7 Å². The zero-order chi connectivity index (χ0) is 14.2. The smallest absolute Gasteiger partial charge is 0.348 e. The van der Waals surface area contributed by atoms with E-state index in [0.717, 1.165) is 17.9 Å². The van der Waals surface area contributed by atoms with Gasteiger partial charge in [-0.2, -0.15) is 13.2 Å². The molecule has 2 aromatic heterocycles. The lowest BCUT2D eigenvalue weighted by Gasteiger charge is -2.27. The van der Waals surface area contributed by atoms with Crippen LogP contribution in [0.15, 0.2) is 18.6 Å². The number of halogens is 3. The number of imidazole rings is 1. The minimum Gasteiger partial charge on any atom is -0.348 e. The SMILES string of the molecule is FC(F)(F)c1ncc2c(n1)CN(Cc1ncc[nH]1)CC2. The number of aromatic nitrogens is 4. The third-order valence-electron chi connectivity index (χ3n) is 3.21. The molecule has 20 heavy (non-hydrogen) atoms. The van der Waals surface area contributed by atoms with Crippen LogP contribution in [0.4, 0.5) is 13.2 Å². The van der Waals surface area contributed by atoms with Gasteiger partial charge >= 0.3 is 6.18 Å². The first-order chi connectivity index (χ1) is 9.52. The van der Waals surface area contributed by atoms with Crippen LogP contribution in [0.3, 0.4) is 0 Å². The zero-order valence-electron chi connectivity index (χ0n) is 10.5. The highest BCUT2D eigenvalue weighted by Crippen LogP contribution is 2.27. The number of hydrogen-bond acceptors (Lipinski definition) is 4. The van der Waals surface area contributed by atoms with Crippen LogP contribution in [0.2, 0.25) is 0 Å². The molecule has 3 rings (SSSR count). The Kier molecular flexibility index (Phi) is 3.17. The molecular formula is C12H12F3N5. The molecule has 0 spiro atoms. The van der Waals surface area contributed by atoms with Gasteiger partial charge in [-0.25, -0.2) is 15.0 Å². The van der Waals surface area contributed by atoms with E-state index in [0.29, 0.717) is 25.2 Å². The number of hydrogen-bond donors (Lipinski definition) is 1. The lowest BCUT2D eigenvalue weighted by molar-refractivity contribution is -0.145. The molecule has 2 aromatic rings. The first-order valence-corrected chi connectivity index (χ1v) is 6.15. The van der Waals surface area contributed by atoms with Gasteiger partial charge in [-0.15, -0.1) is 0 Å². The van der Waals surface area contributed by atoms with Gasteiger partial charge in [0.25, 0.3) is 0 Å². The molecule has 0 fully saturated rings. The molecule has 0 saturated carbocycles. The van der Waals surface area contributed by atoms with Crippen molar-refractivity contribution in [1.82, 2.24) is 24.8 Å². The van der Waals surface area contributed by atoms with Crippen molar-refractivity contribution >= 4 is 0 Å². The Morgan fingerprint density at radius 1 is 1.30 bits per heavy atom. The van der Waals surface area contributed by atoms with Crippen LogP contribution >= 0.6 is 0 Å². The van der Waals surface area contributed by atoms with E-state index in [9.17, 15) is 13.2 Å². The largest absolute Gasteiger partial charge is 0.451 e. The Balaban J connectivity index is 1.79. The Labute approximate surface area is 112 Å². The summed E-state index contributed by atoms with van der Waals surface area (Å²) in [5.74, 6) is -0.283. The fourth-order valence-electron chi connectivity index (χ4n) is 2.23. The predicted molar refractivity (Wildman–Crippen MR) is 63.4 cm³/mol. The number of fused-ring (bicyclic) bond motifs is 1. The van der Waals surface area contributed by atoms with Crippen molar-refractivity contribution < 1.29 is 13.2 Å². The number of rotatable bonds is 2. The monoisotopic (exact) mass is 283 g/mol. The molecule has 106 valence electrons. The summed E-state index contributed by atoms with van der Waals surface area (Å²) in [7, 11) is 0. The van der Waals surface area contributed by atoms with Gasteiger partial charge in [-0.05, 0) is 12.0 Å². The quantitative estimate of drug-likeness (QED) is 0.912. The van der Waals surface area contributed by atoms with Crippen LogP contribution in [0.1, 0.15) is 22.9 Å². The van der Waals surface area contributed by atoms with Gasteiger partial charge in [0.2, 0.25) is 5.82 Å². The van der Waals surface area contributed by atoms with Crippen molar-refractivity contribution in [1.29, 1.82) is 0 Å². The standard InChI is InChI=1S/C12H12F3N5/c13-12(14,15)11-18-5-8-1-4-20(6-9(8)19-11)7-10-16-2-3-17-10/h2-3,5H,1,4,6-7H2,(H,16,17). The summed E-state index contributed by atoms with van der Waals surface area (Å²) in [6.45, 7) is 1.70. The maximum atomic E-state index is 12.6. The van der Waals surface area contributed by atoms with Crippen LogP contribution in [0.25, 0.3) is 0 Å². The van der Waals surface area contributed by atoms with Crippen LogP contribution in [0, 0.1) is 0 Å². The summed E-state index contributed by atoms with van der Waals surface area (Å²) < 4.78 is 37.8. The van der Waals surface area contributed by atoms with E-state index in [-0.39, 0.29) is 0 Å². The van der Waals surface area contributed by atoms with E-state index < -0.39 is 12.0 Å². The van der Waals surface area contributed by atoms with E-state index in [1.165, 1.54) is 6.20 Å². The molecule has 3 heterocycles. The predicted octanol–water partition coefficient (Wildman–Crippen LogP) is 1.78. The average Bonchev–Trinajstić information content (AvgIpc) is 2.90. The maximum Gasteiger partial charge on any atom is 0.451 e. The summed E-state index contributed by atoms with van der Waals surface area (Å²) >= 11 is 0. The third kappa shape index (κ3) is 2.64. The Hall–Kier alpha value is -1.96. The Morgan fingerprint density at radius 3 is 2.85 bits per heavy atom. The minimum atomic E-state index is -4.50. The second-order valence-electron chi connectivity index (χ2n) is 4.66. The van der Waals surface area contributed by atoms with Crippen LogP contribution in [-0.2, 0) is 25.7 Å². The van der Waals surface area contributed by atoms with E-state index in [1.54, 1.807) is 12.4 Å². The molecule has 5 nitrogen and oxygen atoms in total. The third-order valence-corrected chi connectivity index (χ3v) is 3.21. The van der Waals surface area contributed by atoms with Crippen LogP contribution in [-0.4, -0.2) is 31.4 Å². The van der Waals surface area contributed by atoms with Crippen molar-refractivity contribution in [2.75, 3.05) is 6.54 Å². The number of nitrogens with one attached hydrogen (secondary N) is 1. The van der Waals surface area contributed by atoms with Crippen LogP contribution in [0.5, 0.6) is 0 Å². The number of aromatic amines is 1. The van der Waals surface area contributed by atoms with Crippen molar-refractivity contribution in [3.63, 3.8) is 0 Å². The lowest BCUT2D eigenvalue weighted by Crippen LogP contribution is -2.32. The minimum absolute atomic E-state index is 0.377. The molecule has 8 heteroatoms. The lowest BCUT2D eigenvalue weighted by atomic mass is 10.1. The van der Waals surface area contributed by atoms with Gasteiger partial charge in [-0.1, -0.05) is 0 Å². The van der Waals surface area contributed by atoms with Crippen molar-refractivity contribution in [2.24, 2.45) is 0 Å². The summed E-state index contributed by atoms with van der Waals surface area (Å²) in [5, 5.41) is 0. The number of alkyl halides is 3. The molecule has 0 radical (unpaired) electrons. The van der Waals surface area contributed by atoms with Gasteiger partial charge < -0.3 is 4.98 Å². The van der Waals surface area contributed by atoms with Gasteiger partial charge in [0, 0.05) is 31.7 Å². The summed E-state index contributed by atoms with van der Waals surface area (Å²) in [4.78, 5) is 16.1.